The maximum atomic E-state index is 2.32. The van der Waals surface area contributed by atoms with Crippen molar-refractivity contribution in [2.24, 2.45) is 0 Å². The van der Waals surface area contributed by atoms with Crippen LogP contribution in [0.5, 0.6) is 0 Å². The molecule has 0 aliphatic carbocycles. The van der Waals surface area contributed by atoms with Gasteiger partial charge < -0.3 is 0 Å². The van der Waals surface area contributed by atoms with E-state index in [0.29, 0.717) is 0 Å². The van der Waals surface area contributed by atoms with Crippen molar-refractivity contribution in [3.8, 4) is 0 Å². The first-order chi connectivity index (χ1) is 8.91. The van der Waals surface area contributed by atoms with Crippen molar-refractivity contribution in [1.29, 1.82) is 0 Å². The number of hydrogen-bond donors (Lipinski definition) is 0. The van der Waals surface area contributed by atoms with Gasteiger partial charge in [-0.05, 0) is 19.3 Å². The van der Waals surface area contributed by atoms with Crippen LogP contribution in [0.3, 0.4) is 0 Å². The van der Waals surface area contributed by atoms with Gasteiger partial charge >= 0.3 is 0 Å². The van der Waals surface area contributed by atoms with Crippen LogP contribution in [0.4, 0.5) is 0 Å². The average Bonchev–Trinajstić information content (AvgIpc) is 2.39. The number of unbranched alkanes of at least 4 members (excludes halogenated alkanes) is 10. The Kier molecular flexibility index (Phi) is 16.0. The molecule has 0 aromatic carbocycles. The summed E-state index contributed by atoms with van der Waals surface area (Å²) in [7, 11) is 0. The Hall–Kier alpha value is -0.520. The summed E-state index contributed by atoms with van der Waals surface area (Å²) in [4.78, 5) is 0. The Morgan fingerprint density at radius 1 is 0.500 bits per heavy atom. The summed E-state index contributed by atoms with van der Waals surface area (Å²) >= 11 is 0. The standard InChI is InChI=1S/C18H34/c1-3-5-7-9-11-13-15-17-18-16-14-12-10-8-6-4-2/h9,11,13,15H,3-8,10,12,14,16-18H2,1-2H3. The van der Waals surface area contributed by atoms with E-state index in [1.54, 1.807) is 0 Å². The molecule has 0 radical (unpaired) electrons. The fraction of sp³-hybridized carbons (Fsp3) is 0.778. The van der Waals surface area contributed by atoms with Crippen molar-refractivity contribution >= 4 is 0 Å². The molecular weight excluding hydrogens is 216 g/mol. The first kappa shape index (κ1) is 17.5. The average molecular weight is 250 g/mol. The summed E-state index contributed by atoms with van der Waals surface area (Å²) in [6, 6.07) is 0. The zero-order valence-electron chi connectivity index (χ0n) is 12.8. The zero-order chi connectivity index (χ0) is 13.3. The third kappa shape index (κ3) is 15.5. The molecule has 0 aliphatic heterocycles. The molecule has 0 fully saturated rings. The van der Waals surface area contributed by atoms with Gasteiger partial charge in [0.2, 0.25) is 0 Å². The minimum absolute atomic E-state index is 1.23. The third-order valence-corrected chi connectivity index (χ3v) is 3.33. The number of allylic oxidation sites excluding steroid dienone is 4. The van der Waals surface area contributed by atoms with Gasteiger partial charge in [-0.1, -0.05) is 95.9 Å². The molecule has 0 unspecified atom stereocenters. The molecule has 0 N–H and O–H groups in total. The highest BCUT2D eigenvalue weighted by Crippen LogP contribution is 2.09. The maximum Gasteiger partial charge on any atom is -0.0348 e. The van der Waals surface area contributed by atoms with Crippen LogP contribution in [0.25, 0.3) is 0 Å². The fourth-order valence-electron chi connectivity index (χ4n) is 2.07. The first-order valence-electron chi connectivity index (χ1n) is 8.23. The van der Waals surface area contributed by atoms with E-state index in [-0.39, 0.29) is 0 Å². The highest BCUT2D eigenvalue weighted by Gasteiger charge is 1.89. The predicted molar refractivity (Wildman–Crippen MR) is 85.0 cm³/mol. The predicted octanol–water partition coefficient (Wildman–Crippen LogP) is 6.82. The summed E-state index contributed by atoms with van der Waals surface area (Å²) in [6.45, 7) is 4.52. The second-order valence-corrected chi connectivity index (χ2v) is 5.26. The van der Waals surface area contributed by atoms with Crippen LogP contribution in [0.1, 0.15) is 90.9 Å². The SMILES string of the molecule is CCCCC=CC=CCCCCCCCCCC. The molecule has 0 bridgehead atoms. The lowest BCUT2D eigenvalue weighted by atomic mass is 10.1. The molecule has 0 aliphatic rings. The van der Waals surface area contributed by atoms with Crippen molar-refractivity contribution < 1.29 is 0 Å². The van der Waals surface area contributed by atoms with Gasteiger partial charge in [0.15, 0.2) is 0 Å². The fourth-order valence-corrected chi connectivity index (χ4v) is 2.07. The van der Waals surface area contributed by atoms with E-state index >= 15 is 0 Å². The van der Waals surface area contributed by atoms with Crippen LogP contribution in [0, 0.1) is 0 Å². The summed E-state index contributed by atoms with van der Waals surface area (Å²) in [5.74, 6) is 0. The number of rotatable bonds is 13. The number of hydrogen-bond acceptors (Lipinski definition) is 0. The lowest BCUT2D eigenvalue weighted by Crippen LogP contribution is -1.79. The molecule has 0 saturated heterocycles. The van der Waals surface area contributed by atoms with Crippen LogP contribution in [0.15, 0.2) is 24.3 Å². The van der Waals surface area contributed by atoms with Crippen molar-refractivity contribution in [2.75, 3.05) is 0 Å². The van der Waals surface area contributed by atoms with E-state index in [4.69, 9.17) is 0 Å². The maximum absolute atomic E-state index is 2.32. The van der Waals surface area contributed by atoms with E-state index in [2.05, 4.69) is 38.2 Å². The molecule has 0 aromatic rings. The van der Waals surface area contributed by atoms with Crippen LogP contribution in [-0.4, -0.2) is 0 Å². The van der Waals surface area contributed by atoms with Gasteiger partial charge in [0.05, 0.1) is 0 Å². The molecule has 0 atom stereocenters. The quantitative estimate of drug-likeness (QED) is 0.248. The van der Waals surface area contributed by atoms with E-state index < -0.39 is 0 Å². The minimum atomic E-state index is 1.23. The third-order valence-electron chi connectivity index (χ3n) is 3.33. The molecule has 106 valence electrons. The van der Waals surface area contributed by atoms with Gasteiger partial charge in [0.25, 0.3) is 0 Å². The van der Waals surface area contributed by atoms with E-state index in [1.165, 1.54) is 77.0 Å². The van der Waals surface area contributed by atoms with Crippen molar-refractivity contribution in [3.05, 3.63) is 24.3 Å². The highest BCUT2D eigenvalue weighted by atomic mass is 14.0. The van der Waals surface area contributed by atoms with Gasteiger partial charge in [0.1, 0.15) is 0 Å². The second kappa shape index (κ2) is 16.5. The molecule has 0 amide bonds. The molecule has 0 heteroatoms. The normalized spacial score (nSPS) is 11.9. The molecule has 0 heterocycles. The molecule has 0 nitrogen and oxygen atoms in total. The molecule has 0 aromatic heterocycles. The van der Waals surface area contributed by atoms with Gasteiger partial charge in [-0.2, -0.15) is 0 Å². The minimum Gasteiger partial charge on any atom is -0.0845 e. The largest absolute Gasteiger partial charge is 0.0845 e. The van der Waals surface area contributed by atoms with Crippen molar-refractivity contribution in [1.82, 2.24) is 0 Å². The van der Waals surface area contributed by atoms with Gasteiger partial charge in [-0.3, -0.25) is 0 Å². The Bertz CT molecular complexity index is 188. The molecule has 18 heavy (non-hydrogen) atoms. The van der Waals surface area contributed by atoms with E-state index in [0.717, 1.165) is 0 Å². The first-order valence-corrected chi connectivity index (χ1v) is 8.23. The summed E-state index contributed by atoms with van der Waals surface area (Å²) in [6.07, 6.45) is 25.5. The van der Waals surface area contributed by atoms with Crippen LogP contribution < -0.4 is 0 Å². The van der Waals surface area contributed by atoms with Crippen LogP contribution in [-0.2, 0) is 0 Å². The smallest absolute Gasteiger partial charge is 0.0348 e. The Morgan fingerprint density at radius 2 is 0.944 bits per heavy atom. The van der Waals surface area contributed by atoms with Gasteiger partial charge in [-0.25, -0.2) is 0 Å². The van der Waals surface area contributed by atoms with E-state index in [1.807, 2.05) is 0 Å². The van der Waals surface area contributed by atoms with Crippen LogP contribution >= 0.6 is 0 Å². The second-order valence-electron chi connectivity index (χ2n) is 5.26. The van der Waals surface area contributed by atoms with Gasteiger partial charge in [0, 0.05) is 0 Å². The molecule has 0 spiro atoms. The summed E-state index contributed by atoms with van der Waals surface area (Å²) in [5, 5.41) is 0. The lowest BCUT2D eigenvalue weighted by Gasteiger charge is -1.99. The van der Waals surface area contributed by atoms with Crippen LogP contribution in [0.2, 0.25) is 0 Å². The molecule has 0 rings (SSSR count). The Morgan fingerprint density at radius 3 is 1.50 bits per heavy atom. The van der Waals surface area contributed by atoms with Crippen molar-refractivity contribution in [3.63, 3.8) is 0 Å². The Balaban J connectivity index is 3.10. The Labute approximate surface area is 116 Å². The highest BCUT2D eigenvalue weighted by molar-refractivity contribution is 5.02. The summed E-state index contributed by atoms with van der Waals surface area (Å²) < 4.78 is 0. The summed E-state index contributed by atoms with van der Waals surface area (Å²) in [5.41, 5.74) is 0. The topological polar surface area (TPSA) is 0 Å². The lowest BCUT2D eigenvalue weighted by molar-refractivity contribution is 0.577. The zero-order valence-corrected chi connectivity index (χ0v) is 12.8. The monoisotopic (exact) mass is 250 g/mol. The van der Waals surface area contributed by atoms with Crippen molar-refractivity contribution in [2.45, 2.75) is 90.9 Å². The molecular formula is C18H34. The van der Waals surface area contributed by atoms with Gasteiger partial charge in [-0.15, -0.1) is 0 Å². The van der Waals surface area contributed by atoms with E-state index in [9.17, 15) is 0 Å². The molecule has 0 saturated carbocycles.